The number of rotatable bonds is 2. The summed E-state index contributed by atoms with van der Waals surface area (Å²) in [6, 6.07) is 15.3. The van der Waals surface area contributed by atoms with Gasteiger partial charge in [-0.15, -0.1) is 10.2 Å². The molecule has 0 saturated carbocycles. The van der Waals surface area contributed by atoms with E-state index in [-0.39, 0.29) is 22.3 Å². The van der Waals surface area contributed by atoms with Crippen LogP contribution in [0.2, 0.25) is 5.02 Å². The molecular formula is C20H11ClF3N3O. The number of azo groups is 1. The van der Waals surface area contributed by atoms with Crippen molar-refractivity contribution in [3.8, 4) is 5.75 Å². The summed E-state index contributed by atoms with van der Waals surface area (Å²) in [6.07, 6.45) is -3.92. The lowest BCUT2D eigenvalue weighted by Gasteiger charge is -2.10. The van der Waals surface area contributed by atoms with Gasteiger partial charge in [0.2, 0.25) is 0 Å². The number of hydrogen-bond acceptors (Lipinski definition) is 4. The van der Waals surface area contributed by atoms with Crippen LogP contribution in [-0.2, 0) is 6.18 Å². The molecule has 4 rings (SSSR count). The summed E-state index contributed by atoms with van der Waals surface area (Å²) in [7, 11) is 0. The molecule has 0 spiro atoms. The van der Waals surface area contributed by atoms with Gasteiger partial charge in [0.05, 0.1) is 10.6 Å². The fourth-order valence-corrected chi connectivity index (χ4v) is 3.17. The van der Waals surface area contributed by atoms with Gasteiger partial charge in [-0.25, -0.2) is 4.98 Å². The minimum absolute atomic E-state index is 0.0823. The molecule has 4 aromatic rings. The SMILES string of the molecule is Oc1c(N=Nc2ncc(C(F)(F)F)cc2Cl)c2ccccc2c2ccccc12. The largest absolute Gasteiger partial charge is 0.505 e. The van der Waals surface area contributed by atoms with E-state index < -0.39 is 11.7 Å². The Hall–Kier alpha value is -3.19. The Morgan fingerprint density at radius 1 is 0.857 bits per heavy atom. The van der Waals surface area contributed by atoms with Gasteiger partial charge in [-0.1, -0.05) is 60.1 Å². The number of halogens is 4. The molecule has 1 heterocycles. The van der Waals surface area contributed by atoms with Gasteiger partial charge in [-0.3, -0.25) is 0 Å². The second kappa shape index (κ2) is 6.76. The first-order valence-corrected chi connectivity index (χ1v) is 8.51. The number of alkyl halides is 3. The zero-order valence-electron chi connectivity index (χ0n) is 14.1. The number of fused-ring (bicyclic) bond motifs is 3. The number of phenols is 1. The summed E-state index contributed by atoms with van der Waals surface area (Å²) in [6.45, 7) is 0. The molecule has 1 N–H and O–H groups in total. The summed E-state index contributed by atoms with van der Waals surface area (Å²) < 4.78 is 38.2. The molecule has 8 heteroatoms. The third kappa shape index (κ3) is 3.14. The van der Waals surface area contributed by atoms with Crippen molar-refractivity contribution in [2.45, 2.75) is 6.18 Å². The number of pyridine rings is 1. The van der Waals surface area contributed by atoms with Crippen molar-refractivity contribution in [3.05, 3.63) is 71.4 Å². The van der Waals surface area contributed by atoms with Gasteiger partial charge < -0.3 is 5.11 Å². The monoisotopic (exact) mass is 401 g/mol. The fourth-order valence-electron chi connectivity index (χ4n) is 2.96. The zero-order valence-corrected chi connectivity index (χ0v) is 14.8. The van der Waals surface area contributed by atoms with Crippen molar-refractivity contribution in [3.63, 3.8) is 0 Å². The standard InChI is InChI=1S/C20H11ClF3N3O/c21-16-9-11(20(22,23)24)10-25-19(16)27-26-17-14-7-3-1-5-12(14)13-6-2-4-8-15(13)18(17)28/h1-10,28H. The molecule has 3 aromatic carbocycles. The second-order valence-corrected chi connectivity index (χ2v) is 6.42. The molecule has 0 saturated heterocycles. The molecule has 0 aliphatic carbocycles. The molecule has 0 fully saturated rings. The predicted molar refractivity (Wildman–Crippen MR) is 102 cm³/mol. The smallest absolute Gasteiger partial charge is 0.417 e. The molecule has 0 atom stereocenters. The fraction of sp³-hybridized carbons (Fsp3) is 0.0500. The van der Waals surface area contributed by atoms with Crippen LogP contribution in [0.3, 0.4) is 0 Å². The lowest BCUT2D eigenvalue weighted by Crippen LogP contribution is -2.05. The molecule has 28 heavy (non-hydrogen) atoms. The number of aromatic hydroxyl groups is 1. The van der Waals surface area contributed by atoms with Crippen molar-refractivity contribution >= 4 is 44.7 Å². The molecule has 140 valence electrons. The lowest BCUT2D eigenvalue weighted by atomic mass is 9.99. The average molecular weight is 402 g/mol. The Labute approximate surface area is 161 Å². The van der Waals surface area contributed by atoms with Crippen molar-refractivity contribution in [1.29, 1.82) is 0 Å². The number of benzene rings is 3. The summed E-state index contributed by atoms with van der Waals surface area (Å²) in [5.41, 5.74) is -0.789. The van der Waals surface area contributed by atoms with Crippen LogP contribution in [0.1, 0.15) is 5.56 Å². The zero-order chi connectivity index (χ0) is 19.9. The van der Waals surface area contributed by atoms with Gasteiger partial charge in [0, 0.05) is 17.0 Å². The van der Waals surface area contributed by atoms with Crippen molar-refractivity contribution in [1.82, 2.24) is 4.98 Å². The number of phenolic OH excluding ortho intramolecular Hbond substituents is 1. The van der Waals surface area contributed by atoms with E-state index in [4.69, 9.17) is 11.6 Å². The Morgan fingerprint density at radius 3 is 2.04 bits per heavy atom. The van der Waals surface area contributed by atoms with Crippen LogP contribution in [0.4, 0.5) is 24.7 Å². The van der Waals surface area contributed by atoms with Crippen LogP contribution in [0.5, 0.6) is 5.75 Å². The maximum absolute atomic E-state index is 12.7. The maximum atomic E-state index is 12.7. The molecule has 4 nitrogen and oxygen atoms in total. The van der Waals surface area contributed by atoms with E-state index in [0.29, 0.717) is 17.0 Å². The van der Waals surface area contributed by atoms with Crippen LogP contribution in [-0.4, -0.2) is 10.1 Å². The molecule has 0 radical (unpaired) electrons. The van der Waals surface area contributed by atoms with E-state index >= 15 is 0 Å². The van der Waals surface area contributed by atoms with Gasteiger partial charge in [-0.05, 0) is 16.8 Å². The molecular weight excluding hydrogens is 391 g/mol. The Bertz CT molecular complexity index is 1240. The summed E-state index contributed by atoms with van der Waals surface area (Å²) in [5, 5.41) is 21.3. The highest BCUT2D eigenvalue weighted by molar-refractivity contribution is 6.32. The van der Waals surface area contributed by atoms with Gasteiger partial charge in [0.15, 0.2) is 11.6 Å². The van der Waals surface area contributed by atoms with Crippen molar-refractivity contribution in [2.75, 3.05) is 0 Å². The molecule has 0 aliphatic heterocycles. The van der Waals surface area contributed by atoms with E-state index in [1.807, 2.05) is 24.3 Å². The molecule has 0 aliphatic rings. The first kappa shape index (κ1) is 18.2. The third-order valence-corrected chi connectivity index (χ3v) is 4.55. The number of nitrogens with zero attached hydrogens (tertiary/aromatic N) is 3. The van der Waals surface area contributed by atoms with Crippen molar-refractivity contribution < 1.29 is 18.3 Å². The Kier molecular flexibility index (Phi) is 4.39. The average Bonchev–Trinajstić information content (AvgIpc) is 2.68. The van der Waals surface area contributed by atoms with Gasteiger partial charge in [0.1, 0.15) is 5.69 Å². The van der Waals surface area contributed by atoms with Crippen molar-refractivity contribution in [2.24, 2.45) is 10.2 Å². The lowest BCUT2D eigenvalue weighted by molar-refractivity contribution is -0.137. The molecule has 0 unspecified atom stereocenters. The van der Waals surface area contributed by atoms with Gasteiger partial charge >= 0.3 is 6.18 Å². The van der Waals surface area contributed by atoms with E-state index in [0.717, 1.165) is 16.8 Å². The van der Waals surface area contributed by atoms with Crippen LogP contribution < -0.4 is 0 Å². The van der Waals surface area contributed by atoms with E-state index in [2.05, 4.69) is 15.2 Å². The van der Waals surface area contributed by atoms with Crippen LogP contribution in [0.25, 0.3) is 21.5 Å². The highest BCUT2D eigenvalue weighted by Gasteiger charge is 2.31. The van der Waals surface area contributed by atoms with Gasteiger partial charge in [0.25, 0.3) is 0 Å². The maximum Gasteiger partial charge on any atom is 0.417 e. The van der Waals surface area contributed by atoms with Gasteiger partial charge in [-0.2, -0.15) is 13.2 Å². The number of aromatic nitrogens is 1. The first-order chi connectivity index (χ1) is 13.4. The summed E-state index contributed by atoms with van der Waals surface area (Å²) in [5.74, 6) is -0.257. The van der Waals surface area contributed by atoms with Crippen LogP contribution in [0, 0.1) is 0 Å². The highest BCUT2D eigenvalue weighted by Crippen LogP contribution is 2.43. The quantitative estimate of drug-likeness (QED) is 0.285. The Balaban J connectivity index is 1.87. The van der Waals surface area contributed by atoms with E-state index in [1.54, 1.807) is 24.3 Å². The van der Waals surface area contributed by atoms with Crippen LogP contribution in [0.15, 0.2) is 71.0 Å². The molecule has 1 aromatic heterocycles. The topological polar surface area (TPSA) is 57.8 Å². The Morgan fingerprint density at radius 2 is 1.43 bits per heavy atom. The summed E-state index contributed by atoms with van der Waals surface area (Å²) >= 11 is 5.88. The van der Waals surface area contributed by atoms with Crippen LogP contribution >= 0.6 is 11.6 Å². The molecule has 0 bridgehead atoms. The second-order valence-electron chi connectivity index (χ2n) is 6.02. The number of hydrogen-bond donors (Lipinski definition) is 1. The summed E-state index contributed by atoms with van der Waals surface area (Å²) in [4.78, 5) is 3.64. The first-order valence-electron chi connectivity index (χ1n) is 8.13. The normalized spacial score (nSPS) is 12.3. The van der Waals surface area contributed by atoms with E-state index in [1.165, 1.54) is 0 Å². The highest BCUT2D eigenvalue weighted by atomic mass is 35.5. The minimum atomic E-state index is -4.56. The minimum Gasteiger partial charge on any atom is -0.505 e. The predicted octanol–water partition coefficient (Wildman–Crippen LogP) is 7.18. The molecule has 0 amide bonds. The third-order valence-electron chi connectivity index (χ3n) is 4.27. The van der Waals surface area contributed by atoms with E-state index in [9.17, 15) is 18.3 Å².